The number of hydrogen-bond donors (Lipinski definition) is 1. The SMILES string of the molecule is CCC(N)(c1ccccc1)c1ccc(C(F)(F)F)c(F)c1. The Labute approximate surface area is 120 Å². The highest BCUT2D eigenvalue weighted by molar-refractivity contribution is 5.39. The Balaban J connectivity index is 2.52. The lowest BCUT2D eigenvalue weighted by molar-refractivity contribution is -0.140. The van der Waals surface area contributed by atoms with Gasteiger partial charge in [-0.15, -0.1) is 0 Å². The maximum absolute atomic E-state index is 13.8. The van der Waals surface area contributed by atoms with Gasteiger partial charge in [0.15, 0.2) is 0 Å². The Hall–Kier alpha value is -1.88. The molecule has 0 aliphatic rings. The van der Waals surface area contributed by atoms with Gasteiger partial charge in [0.2, 0.25) is 0 Å². The zero-order valence-corrected chi connectivity index (χ0v) is 11.4. The molecule has 0 aliphatic heterocycles. The standard InChI is InChI=1S/C16H15F4N/c1-2-15(21,11-6-4-3-5-7-11)12-8-9-13(14(17)10-12)16(18,19)20/h3-10H,2,21H2,1H3. The first-order chi connectivity index (χ1) is 9.79. The molecule has 0 saturated carbocycles. The fourth-order valence-electron chi connectivity index (χ4n) is 2.33. The van der Waals surface area contributed by atoms with Crippen LogP contribution in [0.5, 0.6) is 0 Å². The number of alkyl halides is 3. The van der Waals surface area contributed by atoms with Crippen molar-refractivity contribution in [2.24, 2.45) is 5.73 Å². The van der Waals surface area contributed by atoms with Crippen molar-refractivity contribution in [3.63, 3.8) is 0 Å². The lowest BCUT2D eigenvalue weighted by atomic mass is 9.81. The second-order valence-electron chi connectivity index (χ2n) is 4.88. The summed E-state index contributed by atoms with van der Waals surface area (Å²) in [5.41, 5.74) is 5.07. The van der Waals surface area contributed by atoms with Crippen molar-refractivity contribution in [2.45, 2.75) is 25.1 Å². The first-order valence-corrected chi connectivity index (χ1v) is 6.50. The molecular weight excluding hydrogens is 282 g/mol. The van der Waals surface area contributed by atoms with Gasteiger partial charge in [-0.05, 0) is 29.7 Å². The molecule has 0 saturated heterocycles. The van der Waals surface area contributed by atoms with Gasteiger partial charge in [-0.1, -0.05) is 43.3 Å². The van der Waals surface area contributed by atoms with Gasteiger partial charge in [0, 0.05) is 0 Å². The molecule has 1 atom stereocenters. The van der Waals surface area contributed by atoms with Gasteiger partial charge < -0.3 is 5.73 Å². The van der Waals surface area contributed by atoms with Crippen LogP contribution in [0.25, 0.3) is 0 Å². The van der Waals surface area contributed by atoms with E-state index in [-0.39, 0.29) is 0 Å². The Morgan fingerprint density at radius 3 is 2.05 bits per heavy atom. The molecule has 0 radical (unpaired) electrons. The van der Waals surface area contributed by atoms with Crippen molar-refractivity contribution in [3.05, 3.63) is 71.0 Å². The first-order valence-electron chi connectivity index (χ1n) is 6.50. The van der Waals surface area contributed by atoms with Crippen molar-refractivity contribution in [1.82, 2.24) is 0 Å². The molecule has 5 heteroatoms. The lowest BCUT2D eigenvalue weighted by Crippen LogP contribution is -2.37. The summed E-state index contributed by atoms with van der Waals surface area (Å²) >= 11 is 0. The third-order valence-electron chi connectivity index (χ3n) is 3.64. The average molecular weight is 297 g/mol. The average Bonchev–Trinajstić information content (AvgIpc) is 2.46. The second kappa shape index (κ2) is 5.48. The highest BCUT2D eigenvalue weighted by Crippen LogP contribution is 2.35. The van der Waals surface area contributed by atoms with Crippen LogP contribution in [0, 0.1) is 5.82 Å². The van der Waals surface area contributed by atoms with Crippen LogP contribution >= 0.6 is 0 Å². The van der Waals surface area contributed by atoms with Crippen LogP contribution in [0.4, 0.5) is 17.6 Å². The fraction of sp³-hybridized carbons (Fsp3) is 0.250. The van der Waals surface area contributed by atoms with Crippen LogP contribution in [0.15, 0.2) is 48.5 Å². The van der Waals surface area contributed by atoms with Gasteiger partial charge in [0.05, 0.1) is 11.1 Å². The number of benzene rings is 2. The van der Waals surface area contributed by atoms with Crippen LogP contribution < -0.4 is 5.73 Å². The molecule has 21 heavy (non-hydrogen) atoms. The van der Waals surface area contributed by atoms with Crippen molar-refractivity contribution in [2.75, 3.05) is 0 Å². The van der Waals surface area contributed by atoms with Crippen LogP contribution in [0.1, 0.15) is 30.0 Å². The van der Waals surface area contributed by atoms with Crippen molar-refractivity contribution in [3.8, 4) is 0 Å². The van der Waals surface area contributed by atoms with Gasteiger partial charge in [-0.3, -0.25) is 0 Å². The van der Waals surface area contributed by atoms with Crippen molar-refractivity contribution in [1.29, 1.82) is 0 Å². The van der Waals surface area contributed by atoms with Crippen LogP contribution in [-0.2, 0) is 11.7 Å². The smallest absolute Gasteiger partial charge is 0.318 e. The van der Waals surface area contributed by atoms with E-state index in [4.69, 9.17) is 5.73 Å². The molecule has 112 valence electrons. The molecule has 0 aromatic heterocycles. The maximum atomic E-state index is 13.8. The third kappa shape index (κ3) is 2.93. The van der Waals surface area contributed by atoms with Gasteiger partial charge in [-0.2, -0.15) is 13.2 Å². The molecule has 1 nitrogen and oxygen atoms in total. The summed E-state index contributed by atoms with van der Waals surface area (Å²) in [5.74, 6) is -1.31. The molecule has 2 aromatic carbocycles. The molecule has 0 fully saturated rings. The summed E-state index contributed by atoms with van der Waals surface area (Å²) in [6.07, 6.45) is -4.28. The molecule has 1 unspecified atom stereocenters. The summed E-state index contributed by atoms with van der Waals surface area (Å²) in [4.78, 5) is 0. The Morgan fingerprint density at radius 1 is 0.952 bits per heavy atom. The Bertz CT molecular complexity index is 622. The molecule has 0 bridgehead atoms. The summed E-state index contributed by atoms with van der Waals surface area (Å²) in [7, 11) is 0. The highest BCUT2D eigenvalue weighted by atomic mass is 19.4. The van der Waals surface area contributed by atoms with E-state index >= 15 is 0 Å². The molecule has 0 aliphatic carbocycles. The lowest BCUT2D eigenvalue weighted by Gasteiger charge is -2.30. The Kier molecular flexibility index (Phi) is 4.05. The predicted octanol–water partition coefficient (Wildman–Crippen LogP) is 4.46. The number of hydrogen-bond acceptors (Lipinski definition) is 1. The van der Waals surface area contributed by atoms with E-state index in [0.717, 1.165) is 17.7 Å². The maximum Gasteiger partial charge on any atom is 0.419 e. The quantitative estimate of drug-likeness (QED) is 0.832. The molecule has 2 aromatic rings. The molecule has 0 heterocycles. The molecule has 2 rings (SSSR count). The largest absolute Gasteiger partial charge is 0.419 e. The number of nitrogens with two attached hydrogens (primary N) is 1. The third-order valence-corrected chi connectivity index (χ3v) is 3.64. The first kappa shape index (κ1) is 15.5. The van der Waals surface area contributed by atoms with Crippen LogP contribution in [0.2, 0.25) is 0 Å². The Morgan fingerprint density at radius 2 is 1.57 bits per heavy atom. The van der Waals surface area contributed by atoms with E-state index in [1.165, 1.54) is 6.07 Å². The molecule has 0 amide bonds. The minimum atomic E-state index is -4.71. The van der Waals surface area contributed by atoms with E-state index in [2.05, 4.69) is 0 Å². The van der Waals surface area contributed by atoms with Crippen molar-refractivity contribution < 1.29 is 17.6 Å². The predicted molar refractivity (Wildman–Crippen MR) is 73.1 cm³/mol. The van der Waals surface area contributed by atoms with Gasteiger partial charge in [-0.25, -0.2) is 4.39 Å². The monoisotopic (exact) mass is 297 g/mol. The normalized spacial score (nSPS) is 14.8. The second-order valence-corrected chi connectivity index (χ2v) is 4.88. The van der Waals surface area contributed by atoms with E-state index in [9.17, 15) is 17.6 Å². The fourth-order valence-corrected chi connectivity index (χ4v) is 2.33. The molecule has 2 N–H and O–H groups in total. The van der Waals surface area contributed by atoms with Crippen LogP contribution in [0.3, 0.4) is 0 Å². The minimum absolute atomic E-state index is 0.321. The minimum Gasteiger partial charge on any atom is -0.318 e. The number of halogens is 4. The topological polar surface area (TPSA) is 26.0 Å². The highest BCUT2D eigenvalue weighted by Gasteiger charge is 2.36. The van der Waals surface area contributed by atoms with Gasteiger partial charge in [0.1, 0.15) is 5.82 Å². The summed E-state index contributed by atoms with van der Waals surface area (Å²) < 4.78 is 51.6. The van der Waals surface area contributed by atoms with Gasteiger partial charge in [0.25, 0.3) is 0 Å². The van der Waals surface area contributed by atoms with E-state index in [1.54, 1.807) is 24.3 Å². The van der Waals surface area contributed by atoms with Gasteiger partial charge >= 0.3 is 6.18 Å². The van der Waals surface area contributed by atoms with E-state index in [1.807, 2.05) is 13.0 Å². The summed E-state index contributed by atoms with van der Waals surface area (Å²) in [6, 6.07) is 11.8. The van der Waals surface area contributed by atoms with E-state index < -0.39 is 23.1 Å². The summed E-state index contributed by atoms with van der Waals surface area (Å²) in [5, 5.41) is 0. The number of rotatable bonds is 3. The summed E-state index contributed by atoms with van der Waals surface area (Å²) in [6.45, 7) is 1.81. The molecule has 0 spiro atoms. The molecular formula is C16H15F4N. The van der Waals surface area contributed by atoms with Crippen molar-refractivity contribution >= 4 is 0 Å². The van der Waals surface area contributed by atoms with E-state index in [0.29, 0.717) is 12.0 Å². The zero-order valence-electron chi connectivity index (χ0n) is 11.4. The van der Waals surface area contributed by atoms with Crippen LogP contribution in [-0.4, -0.2) is 0 Å². The zero-order chi connectivity index (χ0) is 15.7.